The third kappa shape index (κ3) is 7.02. The fourth-order valence-corrected chi connectivity index (χ4v) is 9.43. The van der Waals surface area contributed by atoms with Crippen LogP contribution in [0.15, 0.2) is 0 Å². The lowest BCUT2D eigenvalue weighted by Crippen LogP contribution is -2.51. The zero-order valence-corrected chi connectivity index (χ0v) is 26.0. The molecule has 0 saturated heterocycles. The Labute approximate surface area is 224 Å². The summed E-state index contributed by atoms with van der Waals surface area (Å²) in [6, 6.07) is 0. The summed E-state index contributed by atoms with van der Waals surface area (Å²) in [5, 5.41) is 0.160. The van der Waals surface area contributed by atoms with Crippen LogP contribution in [0.4, 0.5) is 0 Å². The van der Waals surface area contributed by atoms with Crippen molar-refractivity contribution in [3.8, 4) is 12.3 Å². The maximum absolute atomic E-state index is 8.27. The Balaban J connectivity index is 2.35. The Morgan fingerprint density at radius 1 is 1.03 bits per heavy atom. The van der Waals surface area contributed by atoms with Crippen LogP contribution in [-0.2, 0) is 8.85 Å². The Hall–Kier alpha value is -0.0862. The molecular formula is C30H58O2Si2. The van der Waals surface area contributed by atoms with E-state index >= 15 is 0 Å². The third-order valence-corrected chi connectivity index (χ3v) is 14.9. The normalized spacial score (nSPS) is 33.9. The molecule has 0 spiro atoms. The van der Waals surface area contributed by atoms with Gasteiger partial charge in [-0.15, -0.1) is 12.3 Å². The highest BCUT2D eigenvalue weighted by Crippen LogP contribution is 2.63. The first-order valence-corrected chi connectivity index (χ1v) is 19.9. The zero-order chi connectivity index (χ0) is 31.2. The van der Waals surface area contributed by atoms with Crippen molar-refractivity contribution in [3.05, 3.63) is 0 Å². The van der Waals surface area contributed by atoms with E-state index in [1.54, 1.807) is 0 Å². The minimum atomic E-state index is -2.76. The monoisotopic (exact) mass is 512 g/mol. The summed E-state index contributed by atoms with van der Waals surface area (Å²) in [7, 11) is -4.40. The Kier molecular flexibility index (Phi) is 6.68. The summed E-state index contributed by atoms with van der Waals surface area (Å²) >= 11 is 0. The van der Waals surface area contributed by atoms with Gasteiger partial charge >= 0.3 is 0 Å². The van der Waals surface area contributed by atoms with Crippen LogP contribution in [0, 0.1) is 35.0 Å². The highest BCUT2D eigenvalue weighted by atomic mass is 28.4. The lowest BCUT2D eigenvalue weighted by molar-refractivity contribution is -0.0441. The first-order valence-electron chi connectivity index (χ1n) is 16.6. The average molecular weight is 513 g/mol. The van der Waals surface area contributed by atoms with E-state index in [0.717, 1.165) is 32.1 Å². The van der Waals surface area contributed by atoms with Crippen LogP contribution < -0.4 is 0 Å². The molecule has 0 aliphatic heterocycles. The van der Waals surface area contributed by atoms with Crippen molar-refractivity contribution in [2.24, 2.45) is 22.7 Å². The highest BCUT2D eigenvalue weighted by Gasteiger charge is 2.57. The maximum atomic E-state index is 8.27. The number of hydrogen-bond donors (Lipinski definition) is 0. The lowest BCUT2D eigenvalue weighted by Gasteiger charge is -2.52. The van der Waals surface area contributed by atoms with Gasteiger partial charge in [0.05, 0.1) is 5.60 Å². The van der Waals surface area contributed by atoms with Gasteiger partial charge in [0.15, 0.2) is 16.6 Å². The van der Waals surface area contributed by atoms with E-state index in [0.29, 0.717) is 31.1 Å². The Morgan fingerprint density at radius 3 is 2.21 bits per heavy atom. The SMILES string of the molecule is [2H]C([2H])([2H])C(CCC[C@@](C)(CC#C)[C@H]1CC[C@H]2[C@@H](O[Si](C)(C)C(C)(C)C)CCC[C@]12C)(O[Si](C)(C)C)C([2H])([2H])[2H]. The van der Waals surface area contributed by atoms with Crippen LogP contribution in [-0.4, -0.2) is 28.3 Å². The molecule has 4 heteroatoms. The summed E-state index contributed by atoms with van der Waals surface area (Å²) in [5.41, 5.74) is -2.29. The quantitative estimate of drug-likeness (QED) is 0.214. The molecular weight excluding hydrogens is 449 g/mol. The van der Waals surface area contributed by atoms with Gasteiger partial charge in [-0.05, 0) is 113 Å². The van der Waals surface area contributed by atoms with E-state index in [1.165, 1.54) is 0 Å². The van der Waals surface area contributed by atoms with Crippen LogP contribution in [0.2, 0.25) is 37.8 Å². The predicted octanol–water partition coefficient (Wildman–Crippen LogP) is 9.42. The molecule has 0 aromatic heterocycles. The van der Waals surface area contributed by atoms with Crippen molar-refractivity contribution in [1.29, 1.82) is 0 Å². The van der Waals surface area contributed by atoms with Crippen molar-refractivity contribution in [1.82, 2.24) is 0 Å². The number of hydrogen-bond acceptors (Lipinski definition) is 2. The van der Waals surface area contributed by atoms with Gasteiger partial charge in [0, 0.05) is 20.7 Å². The summed E-state index contributed by atoms with van der Waals surface area (Å²) < 4.78 is 62.8. The van der Waals surface area contributed by atoms with Gasteiger partial charge in [-0.3, -0.25) is 0 Å². The third-order valence-electron chi connectivity index (χ3n) is 9.42. The first kappa shape index (κ1) is 21.9. The van der Waals surface area contributed by atoms with Gasteiger partial charge in [0.2, 0.25) is 0 Å². The van der Waals surface area contributed by atoms with E-state index in [4.69, 9.17) is 23.5 Å². The van der Waals surface area contributed by atoms with Crippen LogP contribution in [0.5, 0.6) is 0 Å². The molecule has 2 fully saturated rings. The number of terminal acetylenes is 1. The van der Waals surface area contributed by atoms with Gasteiger partial charge in [-0.1, -0.05) is 47.5 Å². The molecule has 0 N–H and O–H groups in total. The van der Waals surface area contributed by atoms with Crippen LogP contribution >= 0.6 is 0 Å². The molecule has 2 rings (SSSR count). The first-order chi connectivity index (χ1) is 17.8. The average Bonchev–Trinajstić information content (AvgIpc) is 3.08. The molecule has 0 aromatic rings. The largest absolute Gasteiger partial charge is 0.414 e. The van der Waals surface area contributed by atoms with Crippen molar-refractivity contribution in [3.63, 3.8) is 0 Å². The summed E-state index contributed by atoms with van der Waals surface area (Å²) in [6.07, 6.45) is 13.5. The van der Waals surface area contributed by atoms with Gasteiger partial charge in [0.1, 0.15) is 0 Å². The van der Waals surface area contributed by atoms with Gasteiger partial charge in [-0.25, -0.2) is 0 Å². The summed E-state index contributed by atoms with van der Waals surface area (Å²) in [4.78, 5) is 0. The van der Waals surface area contributed by atoms with Crippen molar-refractivity contribution in [2.75, 3.05) is 0 Å². The van der Waals surface area contributed by atoms with E-state index in [2.05, 4.69) is 53.6 Å². The zero-order valence-electron chi connectivity index (χ0n) is 30.0. The van der Waals surface area contributed by atoms with Gasteiger partial charge < -0.3 is 8.85 Å². The Bertz CT molecular complexity index is 898. The topological polar surface area (TPSA) is 18.5 Å². The van der Waals surface area contributed by atoms with Crippen molar-refractivity contribution < 1.29 is 17.1 Å². The van der Waals surface area contributed by atoms with Crippen LogP contribution in [0.3, 0.4) is 0 Å². The molecule has 198 valence electrons. The van der Waals surface area contributed by atoms with E-state index < -0.39 is 35.9 Å². The van der Waals surface area contributed by atoms with E-state index in [9.17, 15) is 0 Å². The molecule has 2 aliphatic rings. The number of fused-ring (bicyclic) bond motifs is 1. The van der Waals surface area contributed by atoms with Crippen LogP contribution in [0.1, 0.15) is 114 Å². The molecule has 0 heterocycles. The smallest absolute Gasteiger partial charge is 0.192 e. The molecule has 0 bridgehead atoms. The molecule has 0 aromatic carbocycles. The van der Waals surface area contributed by atoms with Crippen LogP contribution in [0.25, 0.3) is 0 Å². The van der Waals surface area contributed by atoms with Crippen molar-refractivity contribution in [2.45, 2.75) is 156 Å². The lowest BCUT2D eigenvalue weighted by atomic mass is 9.56. The molecule has 2 aliphatic carbocycles. The fraction of sp³-hybridized carbons (Fsp3) is 0.933. The van der Waals surface area contributed by atoms with Crippen molar-refractivity contribution >= 4 is 16.6 Å². The molecule has 34 heavy (non-hydrogen) atoms. The molecule has 2 nitrogen and oxygen atoms in total. The fourth-order valence-electron chi connectivity index (χ4n) is 6.89. The van der Waals surface area contributed by atoms with E-state index in [-0.39, 0.29) is 28.4 Å². The second-order valence-electron chi connectivity index (χ2n) is 14.5. The second kappa shape index (κ2) is 10.3. The molecule has 2 saturated carbocycles. The summed E-state index contributed by atoms with van der Waals surface area (Å²) in [5.74, 6) is 3.80. The minimum Gasteiger partial charge on any atom is -0.414 e. The maximum Gasteiger partial charge on any atom is 0.192 e. The van der Waals surface area contributed by atoms with Gasteiger partial charge in [-0.2, -0.15) is 0 Å². The van der Waals surface area contributed by atoms with E-state index in [1.807, 2.05) is 19.6 Å². The van der Waals surface area contributed by atoms with Gasteiger partial charge in [0.25, 0.3) is 0 Å². The Morgan fingerprint density at radius 2 is 1.68 bits per heavy atom. The molecule has 0 radical (unpaired) electrons. The second-order valence-corrected chi connectivity index (χ2v) is 23.7. The molecule has 0 unspecified atom stereocenters. The summed E-state index contributed by atoms with van der Waals surface area (Å²) in [6.45, 7) is 16.3. The predicted molar refractivity (Wildman–Crippen MR) is 154 cm³/mol. The highest BCUT2D eigenvalue weighted by molar-refractivity contribution is 6.74. The molecule has 0 amide bonds. The minimum absolute atomic E-state index is 0.0333. The number of rotatable bonds is 10. The molecule has 5 atom stereocenters. The standard InChI is InChI=1S/C30H58O2Si2/c1-14-20-29(7,22-16-21-28(5,6)32-33(9,10)11)26-19-18-24-25(17-15-23-30(24,26)8)31-34(12,13)27(2,3)4/h1,24-26H,15-23H2,2-13H3/t24-,25-,26+,29+,30-/m0/s1/i5D3,6D3.